The molecular weight excluding hydrogens is 244 g/mol. The average molecular weight is 258 g/mol. The normalized spacial score (nSPS) is 12.1. The molecule has 0 spiro atoms. The number of benzene rings is 2. The predicted molar refractivity (Wildman–Crippen MR) is 82.2 cm³/mol. The van der Waals surface area contributed by atoms with Crippen LogP contribution in [-0.2, 0) is 0 Å². The van der Waals surface area contributed by atoms with Crippen molar-refractivity contribution in [1.82, 2.24) is 0 Å². The second-order valence-electron chi connectivity index (χ2n) is 3.61. The maximum atomic E-state index is 4.66. The molecule has 0 radical (unpaired) electrons. The van der Waals surface area contributed by atoms with Crippen molar-refractivity contribution >= 4 is 34.2 Å². The van der Waals surface area contributed by atoms with Crippen molar-refractivity contribution in [2.24, 2.45) is 0 Å². The molecule has 2 heteroatoms. The molecular formula is C15H14S2. The van der Waals surface area contributed by atoms with E-state index in [2.05, 4.69) is 55.3 Å². The summed E-state index contributed by atoms with van der Waals surface area (Å²) < 4.78 is 0. The van der Waals surface area contributed by atoms with Crippen molar-refractivity contribution in [2.45, 2.75) is 0 Å². The summed E-state index contributed by atoms with van der Waals surface area (Å²) in [5.74, 6) is 0. The Morgan fingerprint density at radius 3 is 1.76 bits per heavy atom. The highest BCUT2D eigenvalue weighted by Gasteiger charge is 2.06. The highest BCUT2D eigenvalue weighted by Crippen LogP contribution is 2.35. The fourth-order valence-corrected chi connectivity index (χ4v) is 2.90. The van der Waals surface area contributed by atoms with Gasteiger partial charge in [-0.05, 0) is 17.4 Å². The van der Waals surface area contributed by atoms with Gasteiger partial charge in [-0.25, -0.2) is 0 Å². The number of hydrogen-bond donors (Lipinski definition) is 1. The molecule has 2 aromatic carbocycles. The van der Waals surface area contributed by atoms with Crippen LogP contribution in [0.2, 0.25) is 0 Å². The van der Waals surface area contributed by atoms with Gasteiger partial charge in [-0.3, -0.25) is 0 Å². The van der Waals surface area contributed by atoms with Crippen LogP contribution in [0.15, 0.2) is 60.7 Å². The van der Waals surface area contributed by atoms with Crippen LogP contribution < -0.4 is 0 Å². The molecule has 0 nitrogen and oxygen atoms in total. The minimum absolute atomic E-state index is 1.03. The molecule has 0 bridgehead atoms. The van der Waals surface area contributed by atoms with Gasteiger partial charge in [0, 0.05) is 9.81 Å². The van der Waals surface area contributed by atoms with Gasteiger partial charge in [0.1, 0.15) is 0 Å². The summed E-state index contributed by atoms with van der Waals surface area (Å²) in [6.45, 7) is 0. The molecule has 0 atom stereocenters. The summed E-state index contributed by atoms with van der Waals surface area (Å²) in [7, 11) is 0. The van der Waals surface area contributed by atoms with E-state index in [1.165, 1.54) is 10.5 Å². The maximum absolute atomic E-state index is 4.66. The zero-order valence-electron chi connectivity index (χ0n) is 9.63. The molecule has 0 aliphatic carbocycles. The minimum atomic E-state index is 1.03. The Kier molecular flexibility index (Phi) is 4.35. The smallest absolute Gasteiger partial charge is 0.0281 e. The van der Waals surface area contributed by atoms with E-state index in [1.807, 2.05) is 24.3 Å². The van der Waals surface area contributed by atoms with E-state index >= 15 is 0 Å². The van der Waals surface area contributed by atoms with Gasteiger partial charge in [0.25, 0.3) is 0 Å². The van der Waals surface area contributed by atoms with E-state index < -0.39 is 0 Å². The first-order valence-electron chi connectivity index (χ1n) is 5.41. The third kappa shape index (κ3) is 2.96. The quantitative estimate of drug-likeness (QED) is 0.609. The summed E-state index contributed by atoms with van der Waals surface area (Å²) in [5.41, 5.74) is 2.37. The lowest BCUT2D eigenvalue weighted by atomic mass is 10.1. The van der Waals surface area contributed by atoms with E-state index in [-0.39, 0.29) is 0 Å². The first-order chi connectivity index (χ1) is 8.33. The lowest BCUT2D eigenvalue weighted by Gasteiger charge is -2.09. The largest absolute Gasteiger partial charge is 0.142 e. The molecule has 2 rings (SSSR count). The number of thioether (sulfide) groups is 1. The molecule has 0 saturated carbocycles. The van der Waals surface area contributed by atoms with Crippen molar-refractivity contribution in [3.63, 3.8) is 0 Å². The SMILES string of the molecule is CSC(=C(S)c1ccccc1)c1ccccc1. The molecule has 0 saturated heterocycles. The van der Waals surface area contributed by atoms with Crippen molar-refractivity contribution in [1.29, 1.82) is 0 Å². The van der Waals surface area contributed by atoms with Crippen LogP contribution >= 0.6 is 24.4 Å². The average Bonchev–Trinajstić information content (AvgIpc) is 2.42. The van der Waals surface area contributed by atoms with E-state index in [9.17, 15) is 0 Å². The van der Waals surface area contributed by atoms with Crippen LogP contribution in [-0.4, -0.2) is 6.26 Å². The van der Waals surface area contributed by atoms with Gasteiger partial charge >= 0.3 is 0 Å². The summed E-state index contributed by atoms with van der Waals surface area (Å²) in [6.07, 6.45) is 2.08. The molecule has 0 fully saturated rings. The highest BCUT2D eigenvalue weighted by molar-refractivity contribution is 8.09. The zero-order chi connectivity index (χ0) is 12.1. The molecule has 2 aromatic rings. The van der Waals surface area contributed by atoms with E-state index in [0.29, 0.717) is 0 Å². The molecule has 17 heavy (non-hydrogen) atoms. The Bertz CT molecular complexity index is 501. The third-order valence-corrected chi connectivity index (χ3v) is 3.98. The molecule has 86 valence electrons. The Morgan fingerprint density at radius 1 is 0.824 bits per heavy atom. The van der Waals surface area contributed by atoms with Crippen molar-refractivity contribution in [2.75, 3.05) is 6.26 Å². The first kappa shape index (κ1) is 12.3. The van der Waals surface area contributed by atoms with E-state index in [1.54, 1.807) is 11.8 Å². The summed E-state index contributed by atoms with van der Waals surface area (Å²) in [6, 6.07) is 20.6. The lowest BCUT2D eigenvalue weighted by Crippen LogP contribution is -1.84. The molecule has 0 amide bonds. The van der Waals surface area contributed by atoms with Crippen LogP contribution in [0.5, 0.6) is 0 Å². The lowest BCUT2D eigenvalue weighted by molar-refractivity contribution is 1.63. The Morgan fingerprint density at radius 2 is 1.29 bits per heavy atom. The maximum Gasteiger partial charge on any atom is 0.0281 e. The fraction of sp³-hybridized carbons (Fsp3) is 0.0667. The monoisotopic (exact) mass is 258 g/mol. The van der Waals surface area contributed by atoms with Crippen molar-refractivity contribution in [3.8, 4) is 0 Å². The molecule has 0 aromatic heterocycles. The molecule has 0 N–H and O–H groups in total. The van der Waals surface area contributed by atoms with Crippen LogP contribution in [0, 0.1) is 0 Å². The fourth-order valence-electron chi connectivity index (χ4n) is 1.67. The molecule has 0 aliphatic rings. The van der Waals surface area contributed by atoms with Gasteiger partial charge in [0.05, 0.1) is 0 Å². The highest BCUT2D eigenvalue weighted by atomic mass is 32.2. The topological polar surface area (TPSA) is 0 Å². The molecule has 0 heterocycles. The Balaban J connectivity index is 2.48. The minimum Gasteiger partial charge on any atom is -0.142 e. The number of thiol groups is 1. The van der Waals surface area contributed by atoms with Crippen LogP contribution in [0.4, 0.5) is 0 Å². The first-order valence-corrected chi connectivity index (χ1v) is 7.08. The van der Waals surface area contributed by atoms with Crippen LogP contribution in [0.3, 0.4) is 0 Å². The Labute approximate surface area is 112 Å². The van der Waals surface area contributed by atoms with Crippen LogP contribution in [0.25, 0.3) is 9.81 Å². The van der Waals surface area contributed by atoms with Gasteiger partial charge in [0.2, 0.25) is 0 Å². The second-order valence-corrected chi connectivity index (χ2v) is 4.88. The van der Waals surface area contributed by atoms with Crippen molar-refractivity contribution in [3.05, 3.63) is 71.8 Å². The van der Waals surface area contributed by atoms with Gasteiger partial charge in [0.15, 0.2) is 0 Å². The van der Waals surface area contributed by atoms with Gasteiger partial charge in [-0.1, -0.05) is 60.7 Å². The van der Waals surface area contributed by atoms with E-state index in [4.69, 9.17) is 0 Å². The Hall–Kier alpha value is -1.12. The van der Waals surface area contributed by atoms with Gasteiger partial charge in [-0.15, -0.1) is 24.4 Å². The standard InChI is InChI=1S/C15H14S2/c1-17-15(13-10-6-3-7-11-13)14(16)12-8-4-2-5-9-12/h2-11,16H,1H3. The predicted octanol–water partition coefficient (Wildman–Crippen LogP) is 4.81. The zero-order valence-corrected chi connectivity index (χ0v) is 11.3. The number of hydrogen-bond acceptors (Lipinski definition) is 2. The number of rotatable bonds is 3. The second kappa shape index (κ2) is 5.99. The summed E-state index contributed by atoms with van der Waals surface area (Å²) in [5, 5.41) is 0. The van der Waals surface area contributed by atoms with Gasteiger partial charge in [-0.2, -0.15) is 0 Å². The summed E-state index contributed by atoms with van der Waals surface area (Å²) in [4.78, 5) is 2.24. The molecule has 0 unspecified atom stereocenters. The summed E-state index contributed by atoms with van der Waals surface area (Å²) >= 11 is 6.39. The van der Waals surface area contributed by atoms with Gasteiger partial charge < -0.3 is 0 Å². The van der Waals surface area contributed by atoms with E-state index in [0.717, 1.165) is 10.5 Å². The molecule has 0 aliphatic heterocycles. The third-order valence-electron chi connectivity index (χ3n) is 2.50. The van der Waals surface area contributed by atoms with Crippen molar-refractivity contribution < 1.29 is 0 Å². The van der Waals surface area contributed by atoms with Crippen LogP contribution in [0.1, 0.15) is 11.1 Å².